The maximum absolute atomic E-state index is 11.7. The normalized spacial score (nSPS) is 12.6. The van der Waals surface area contributed by atoms with Crippen molar-refractivity contribution >= 4 is 39.1 Å². The van der Waals surface area contributed by atoms with Crippen molar-refractivity contribution < 1.29 is 14.7 Å². The second kappa shape index (κ2) is 6.56. The molecule has 1 rings (SSSR count). The first kappa shape index (κ1) is 13.9. The van der Waals surface area contributed by atoms with E-state index in [-0.39, 0.29) is 12.3 Å². The van der Waals surface area contributed by atoms with Gasteiger partial charge >= 0.3 is 5.97 Å². The molecule has 0 bridgehead atoms. The van der Waals surface area contributed by atoms with Gasteiger partial charge in [0, 0.05) is 0 Å². The van der Waals surface area contributed by atoms with Gasteiger partial charge < -0.3 is 10.4 Å². The number of aliphatic carboxylic acids is 1. The summed E-state index contributed by atoms with van der Waals surface area (Å²) in [6.07, 6.45) is 3.75. The van der Waals surface area contributed by atoms with Crippen LogP contribution in [0.2, 0.25) is 0 Å². The summed E-state index contributed by atoms with van der Waals surface area (Å²) >= 11 is 4.52. The minimum atomic E-state index is -1.04. The van der Waals surface area contributed by atoms with Gasteiger partial charge in [0.05, 0.1) is 8.66 Å². The van der Waals surface area contributed by atoms with E-state index in [4.69, 9.17) is 5.11 Å². The van der Waals surface area contributed by atoms with Gasteiger partial charge in [0.25, 0.3) is 5.91 Å². The minimum Gasteiger partial charge on any atom is -0.480 e. The third kappa shape index (κ3) is 4.32. The summed E-state index contributed by atoms with van der Waals surface area (Å²) in [6, 6.07) is 2.51. The lowest BCUT2D eigenvalue weighted by atomic mass is 10.2. The number of rotatable bonds is 5. The quantitative estimate of drug-likeness (QED) is 0.820. The number of allylic oxidation sites excluding steroid dienone is 1. The maximum atomic E-state index is 11.7. The van der Waals surface area contributed by atoms with Gasteiger partial charge in [-0.25, -0.2) is 4.79 Å². The van der Waals surface area contributed by atoms with Crippen LogP contribution in [0.3, 0.4) is 0 Å². The van der Waals surface area contributed by atoms with Gasteiger partial charge in [-0.1, -0.05) is 12.2 Å². The second-order valence-corrected chi connectivity index (χ2v) is 5.74. The first-order valence-corrected chi connectivity index (χ1v) is 6.55. The molecule has 0 spiro atoms. The number of carboxylic acids is 1. The fraction of sp³-hybridized carbons (Fsp3) is 0.273. The summed E-state index contributed by atoms with van der Waals surface area (Å²) in [4.78, 5) is 23.1. The number of hydrogen-bond donors (Lipinski definition) is 2. The van der Waals surface area contributed by atoms with Gasteiger partial charge in [-0.3, -0.25) is 4.79 Å². The minimum absolute atomic E-state index is 0.282. The molecule has 0 fully saturated rings. The fourth-order valence-corrected chi connectivity index (χ4v) is 2.45. The van der Waals surface area contributed by atoms with Crippen LogP contribution in [0.1, 0.15) is 23.0 Å². The molecule has 1 aromatic heterocycles. The zero-order valence-corrected chi connectivity index (χ0v) is 11.5. The zero-order chi connectivity index (χ0) is 12.8. The average Bonchev–Trinajstić information content (AvgIpc) is 2.70. The molecule has 0 saturated carbocycles. The van der Waals surface area contributed by atoms with Crippen LogP contribution >= 0.6 is 27.3 Å². The summed E-state index contributed by atoms with van der Waals surface area (Å²) in [7, 11) is 0. The number of hydrogen-bond acceptors (Lipinski definition) is 3. The first-order valence-electron chi connectivity index (χ1n) is 4.94. The molecule has 6 heteroatoms. The van der Waals surface area contributed by atoms with Crippen LogP contribution in [0.15, 0.2) is 28.1 Å². The van der Waals surface area contributed by atoms with Crippen LogP contribution in [-0.2, 0) is 4.79 Å². The molecule has 0 aromatic carbocycles. The Morgan fingerprint density at radius 1 is 1.59 bits per heavy atom. The summed E-state index contributed by atoms with van der Waals surface area (Å²) in [5.41, 5.74) is 0. The van der Waals surface area contributed by atoms with Crippen molar-refractivity contribution in [2.45, 2.75) is 19.4 Å². The summed E-state index contributed by atoms with van der Waals surface area (Å²) < 4.78 is 0.836. The van der Waals surface area contributed by atoms with Gasteiger partial charge in [-0.15, -0.1) is 11.3 Å². The third-order valence-electron chi connectivity index (χ3n) is 2.01. The largest absolute Gasteiger partial charge is 0.480 e. The van der Waals surface area contributed by atoms with Crippen molar-refractivity contribution in [3.05, 3.63) is 32.9 Å². The molecule has 1 heterocycles. The van der Waals surface area contributed by atoms with Gasteiger partial charge in [-0.05, 0) is 41.4 Å². The Bertz CT molecular complexity index is 442. The number of nitrogens with one attached hydrogen (secondary N) is 1. The Labute approximate surface area is 111 Å². The zero-order valence-electron chi connectivity index (χ0n) is 9.14. The molecule has 0 aliphatic rings. The molecule has 1 unspecified atom stereocenters. The van der Waals surface area contributed by atoms with Gasteiger partial charge in [0.1, 0.15) is 6.04 Å². The lowest BCUT2D eigenvalue weighted by Gasteiger charge is -2.11. The Balaban J connectivity index is 2.67. The predicted molar refractivity (Wildman–Crippen MR) is 70.3 cm³/mol. The number of carbonyl (C=O) groups is 2. The van der Waals surface area contributed by atoms with Crippen molar-refractivity contribution in [3.8, 4) is 0 Å². The third-order valence-corrected chi connectivity index (χ3v) is 3.63. The fourth-order valence-electron chi connectivity index (χ4n) is 1.16. The summed E-state index contributed by atoms with van der Waals surface area (Å²) in [5.74, 6) is -1.40. The molecule has 1 aromatic rings. The number of carbonyl (C=O) groups excluding carboxylic acids is 1. The molecule has 0 radical (unpaired) electrons. The lowest BCUT2D eigenvalue weighted by Crippen LogP contribution is -2.40. The number of carboxylic acid groups (broad SMARTS) is 1. The highest BCUT2D eigenvalue weighted by Crippen LogP contribution is 2.21. The summed E-state index contributed by atoms with van der Waals surface area (Å²) in [6.45, 7) is 1.80. The van der Waals surface area contributed by atoms with Gasteiger partial charge in [-0.2, -0.15) is 0 Å². The van der Waals surface area contributed by atoms with Gasteiger partial charge in [0.15, 0.2) is 0 Å². The molecular formula is C11H12BrNO3S. The van der Waals surface area contributed by atoms with E-state index < -0.39 is 12.0 Å². The summed E-state index contributed by atoms with van der Waals surface area (Å²) in [5, 5.41) is 11.4. The highest BCUT2D eigenvalue weighted by atomic mass is 79.9. The average molecular weight is 318 g/mol. The van der Waals surface area contributed by atoms with E-state index in [9.17, 15) is 9.59 Å². The molecule has 0 saturated heterocycles. The molecule has 0 aliphatic heterocycles. The van der Waals surface area contributed by atoms with Crippen molar-refractivity contribution in [1.29, 1.82) is 0 Å². The first-order chi connectivity index (χ1) is 8.04. The van der Waals surface area contributed by atoms with Crippen molar-refractivity contribution in [2.75, 3.05) is 0 Å². The number of amides is 1. The van der Waals surface area contributed by atoms with Crippen LogP contribution in [0, 0.1) is 0 Å². The van der Waals surface area contributed by atoms with Crippen LogP contribution < -0.4 is 5.32 Å². The predicted octanol–water partition coefficient (Wildman–Crippen LogP) is 2.66. The Morgan fingerprint density at radius 3 is 2.76 bits per heavy atom. The lowest BCUT2D eigenvalue weighted by molar-refractivity contribution is -0.139. The number of thiophene rings is 1. The smallest absolute Gasteiger partial charge is 0.326 e. The monoisotopic (exact) mass is 317 g/mol. The van der Waals surface area contributed by atoms with Crippen LogP contribution in [0.4, 0.5) is 0 Å². The standard InChI is InChI=1S/C11H12BrNO3S/c1-2-3-4-7(11(15)16)13-10(14)8-5-6-9(12)17-8/h2-3,5-7H,4H2,1H3,(H,13,14)(H,15,16)/b3-2+. The van der Waals surface area contributed by atoms with Crippen LogP contribution in [0.5, 0.6) is 0 Å². The Morgan fingerprint density at radius 2 is 2.29 bits per heavy atom. The molecule has 1 amide bonds. The molecule has 17 heavy (non-hydrogen) atoms. The van der Waals surface area contributed by atoms with Crippen molar-refractivity contribution in [3.63, 3.8) is 0 Å². The van der Waals surface area contributed by atoms with Crippen molar-refractivity contribution in [2.24, 2.45) is 0 Å². The molecule has 0 aliphatic carbocycles. The second-order valence-electron chi connectivity index (χ2n) is 3.27. The van der Waals surface area contributed by atoms with Crippen molar-refractivity contribution in [1.82, 2.24) is 5.32 Å². The molecule has 2 N–H and O–H groups in total. The van der Waals surface area contributed by atoms with Crippen LogP contribution in [-0.4, -0.2) is 23.0 Å². The highest BCUT2D eigenvalue weighted by molar-refractivity contribution is 9.11. The van der Waals surface area contributed by atoms with E-state index in [0.717, 1.165) is 3.79 Å². The SMILES string of the molecule is C/C=C/CC(NC(=O)c1ccc(Br)s1)C(=O)O. The van der Waals surface area contributed by atoms with E-state index >= 15 is 0 Å². The van der Waals surface area contributed by atoms with E-state index in [0.29, 0.717) is 4.88 Å². The topological polar surface area (TPSA) is 66.4 Å². The maximum Gasteiger partial charge on any atom is 0.326 e. The van der Waals surface area contributed by atoms with E-state index in [1.807, 2.05) is 0 Å². The van der Waals surface area contributed by atoms with E-state index in [2.05, 4.69) is 21.2 Å². The van der Waals surface area contributed by atoms with E-state index in [1.165, 1.54) is 11.3 Å². The van der Waals surface area contributed by atoms with E-state index in [1.54, 1.807) is 31.2 Å². The van der Waals surface area contributed by atoms with Crippen LogP contribution in [0.25, 0.3) is 0 Å². The Hall–Kier alpha value is -1.14. The molecule has 4 nitrogen and oxygen atoms in total. The molecule has 92 valence electrons. The highest BCUT2D eigenvalue weighted by Gasteiger charge is 2.19. The molecule has 1 atom stereocenters. The number of halogens is 1. The van der Waals surface area contributed by atoms with Gasteiger partial charge in [0.2, 0.25) is 0 Å². The Kier molecular flexibility index (Phi) is 5.37. The molecular weight excluding hydrogens is 306 g/mol.